The zero-order valence-corrected chi connectivity index (χ0v) is 18.8. The maximum absolute atomic E-state index is 13.1. The molecule has 3 heterocycles. The number of anilines is 2. The number of methoxy groups -OCH3 is 2. The highest BCUT2D eigenvalue weighted by Gasteiger charge is 2.26. The van der Waals surface area contributed by atoms with Gasteiger partial charge in [-0.1, -0.05) is 0 Å². The molecule has 1 atom stereocenters. The molecule has 1 aliphatic heterocycles. The molecule has 1 aliphatic rings. The number of aryl methyl sites for hydroxylation is 1. The summed E-state index contributed by atoms with van der Waals surface area (Å²) in [7, 11) is 3.18. The fourth-order valence-electron chi connectivity index (χ4n) is 4.12. The van der Waals surface area contributed by atoms with Crippen molar-refractivity contribution in [2.45, 2.75) is 25.9 Å². The van der Waals surface area contributed by atoms with Crippen molar-refractivity contribution in [2.24, 2.45) is 0 Å². The molecule has 1 aromatic carbocycles. The van der Waals surface area contributed by atoms with Crippen molar-refractivity contribution >= 4 is 34.4 Å². The van der Waals surface area contributed by atoms with Crippen LogP contribution in [-0.2, 0) is 6.54 Å². The summed E-state index contributed by atoms with van der Waals surface area (Å²) in [6.07, 6.45) is 1.39. The van der Waals surface area contributed by atoms with Crippen LogP contribution in [0.4, 0.5) is 16.3 Å². The molecule has 33 heavy (non-hydrogen) atoms. The molecular weight excluding hydrogens is 426 g/mol. The lowest BCUT2D eigenvalue weighted by Gasteiger charge is -2.14. The molecular formula is C23H27N5O5. The lowest BCUT2D eigenvalue weighted by molar-refractivity contribution is 0.101. The van der Waals surface area contributed by atoms with Crippen molar-refractivity contribution in [3.8, 4) is 11.5 Å². The first-order valence-corrected chi connectivity index (χ1v) is 10.7. The Bertz CT molecular complexity index is 1170. The monoisotopic (exact) mass is 453 g/mol. The van der Waals surface area contributed by atoms with Gasteiger partial charge < -0.3 is 34.7 Å². The van der Waals surface area contributed by atoms with E-state index in [1.165, 1.54) is 4.90 Å². The van der Waals surface area contributed by atoms with Gasteiger partial charge >= 0.3 is 6.09 Å². The van der Waals surface area contributed by atoms with E-state index in [4.69, 9.17) is 14.6 Å². The third-order valence-electron chi connectivity index (χ3n) is 5.79. The van der Waals surface area contributed by atoms with Crippen LogP contribution in [0.15, 0.2) is 36.5 Å². The minimum atomic E-state index is -0.911. The summed E-state index contributed by atoms with van der Waals surface area (Å²) in [6.45, 7) is 3.49. The molecule has 10 heteroatoms. The Kier molecular flexibility index (Phi) is 6.25. The zero-order chi connectivity index (χ0) is 23.5. The number of amides is 2. The molecule has 0 saturated carbocycles. The molecule has 1 fully saturated rings. The first-order chi connectivity index (χ1) is 15.9. The average Bonchev–Trinajstić information content (AvgIpc) is 3.44. The Labute approximate surface area is 191 Å². The third-order valence-corrected chi connectivity index (χ3v) is 5.79. The number of benzene rings is 1. The van der Waals surface area contributed by atoms with E-state index < -0.39 is 6.09 Å². The van der Waals surface area contributed by atoms with Gasteiger partial charge in [0.2, 0.25) is 0 Å². The van der Waals surface area contributed by atoms with Gasteiger partial charge in [0.15, 0.2) is 0 Å². The van der Waals surface area contributed by atoms with Crippen LogP contribution in [0.25, 0.3) is 10.9 Å². The number of hydrogen-bond acceptors (Lipinski definition) is 6. The Morgan fingerprint density at radius 3 is 2.64 bits per heavy atom. The summed E-state index contributed by atoms with van der Waals surface area (Å²) >= 11 is 0. The lowest BCUT2D eigenvalue weighted by Crippen LogP contribution is -2.30. The normalized spacial score (nSPS) is 15.5. The Balaban J connectivity index is 1.49. The maximum atomic E-state index is 13.1. The van der Waals surface area contributed by atoms with Gasteiger partial charge in [-0.2, -0.15) is 0 Å². The molecule has 3 aromatic rings. The number of rotatable bonds is 7. The molecule has 1 saturated heterocycles. The number of nitrogens with zero attached hydrogens (tertiary/aromatic N) is 3. The van der Waals surface area contributed by atoms with Crippen molar-refractivity contribution < 1.29 is 24.2 Å². The zero-order valence-electron chi connectivity index (χ0n) is 18.8. The molecule has 2 amide bonds. The van der Waals surface area contributed by atoms with Gasteiger partial charge in [0, 0.05) is 43.2 Å². The van der Waals surface area contributed by atoms with Crippen LogP contribution < -0.4 is 20.1 Å². The topological polar surface area (TPSA) is 118 Å². The number of pyridine rings is 1. The molecule has 0 aliphatic carbocycles. The molecule has 0 unspecified atom stereocenters. The molecule has 3 N–H and O–H groups in total. The Morgan fingerprint density at radius 2 is 2.03 bits per heavy atom. The number of carboxylic acid groups (broad SMARTS) is 1. The molecule has 0 spiro atoms. The van der Waals surface area contributed by atoms with Crippen molar-refractivity contribution in [1.29, 1.82) is 0 Å². The van der Waals surface area contributed by atoms with Gasteiger partial charge in [-0.25, -0.2) is 9.78 Å². The summed E-state index contributed by atoms with van der Waals surface area (Å²) in [5, 5.41) is 16.0. The fraction of sp³-hybridized carbons (Fsp3) is 0.348. The van der Waals surface area contributed by atoms with Crippen LogP contribution in [0, 0.1) is 0 Å². The van der Waals surface area contributed by atoms with Gasteiger partial charge in [0.05, 0.1) is 31.6 Å². The van der Waals surface area contributed by atoms with E-state index in [9.17, 15) is 9.59 Å². The minimum Gasteiger partial charge on any atom is -0.497 e. The smallest absolute Gasteiger partial charge is 0.407 e. The maximum Gasteiger partial charge on any atom is 0.407 e. The van der Waals surface area contributed by atoms with E-state index in [1.807, 2.05) is 23.6 Å². The quantitative estimate of drug-likeness (QED) is 0.501. The van der Waals surface area contributed by atoms with Gasteiger partial charge in [0.1, 0.15) is 23.0 Å². The summed E-state index contributed by atoms with van der Waals surface area (Å²) in [6, 6.07) is 9.03. The van der Waals surface area contributed by atoms with E-state index in [2.05, 4.69) is 15.6 Å². The molecule has 4 rings (SSSR count). The number of hydrogen-bond donors (Lipinski definition) is 3. The average molecular weight is 453 g/mol. The van der Waals surface area contributed by atoms with Crippen LogP contribution in [-0.4, -0.2) is 64.9 Å². The van der Waals surface area contributed by atoms with Crippen LogP contribution in [0.1, 0.15) is 23.8 Å². The van der Waals surface area contributed by atoms with Crippen molar-refractivity contribution in [3.63, 3.8) is 0 Å². The SMILES string of the molecule is CCn1c(C(=O)Nc2ccc(N[C@H]3CCN(C(=O)O)C3)nc2)cc2c(OC)cc(OC)cc21. The number of ether oxygens (including phenoxy) is 2. The first-order valence-electron chi connectivity index (χ1n) is 10.7. The summed E-state index contributed by atoms with van der Waals surface area (Å²) in [5.41, 5.74) is 1.91. The van der Waals surface area contributed by atoms with Crippen molar-refractivity contribution in [1.82, 2.24) is 14.5 Å². The number of likely N-dealkylation sites (tertiary alicyclic amines) is 1. The second kappa shape index (κ2) is 9.27. The summed E-state index contributed by atoms with van der Waals surface area (Å²) < 4.78 is 12.8. The van der Waals surface area contributed by atoms with Crippen LogP contribution >= 0.6 is 0 Å². The Hall–Kier alpha value is -3.95. The fourth-order valence-corrected chi connectivity index (χ4v) is 4.12. The van der Waals surface area contributed by atoms with Gasteiger partial charge in [-0.15, -0.1) is 0 Å². The predicted molar refractivity (Wildman–Crippen MR) is 125 cm³/mol. The first kappa shape index (κ1) is 22.3. The van der Waals surface area contributed by atoms with Crippen LogP contribution in [0.5, 0.6) is 11.5 Å². The van der Waals surface area contributed by atoms with Crippen LogP contribution in [0.2, 0.25) is 0 Å². The van der Waals surface area contributed by atoms with Crippen LogP contribution in [0.3, 0.4) is 0 Å². The van der Waals surface area contributed by atoms with Crippen molar-refractivity contribution in [3.05, 3.63) is 42.2 Å². The molecule has 2 aromatic heterocycles. The second-order valence-electron chi connectivity index (χ2n) is 7.78. The number of fused-ring (bicyclic) bond motifs is 1. The number of aromatic nitrogens is 2. The van der Waals surface area contributed by atoms with E-state index in [0.29, 0.717) is 48.3 Å². The molecule has 174 valence electrons. The van der Waals surface area contributed by atoms with E-state index >= 15 is 0 Å². The van der Waals surface area contributed by atoms with Gasteiger partial charge in [-0.3, -0.25) is 4.79 Å². The molecule has 0 radical (unpaired) electrons. The number of nitrogens with one attached hydrogen (secondary N) is 2. The highest BCUT2D eigenvalue weighted by atomic mass is 16.5. The summed E-state index contributed by atoms with van der Waals surface area (Å²) in [4.78, 5) is 29.9. The standard InChI is InChI=1S/C23H27N5O5/c1-4-28-18-9-16(32-2)10-20(33-3)17(18)11-19(28)22(29)26-14-5-6-21(24-12-14)25-15-7-8-27(13-15)23(30)31/h5-6,9-12,15H,4,7-8,13H2,1-3H3,(H,24,25)(H,26,29)(H,30,31)/t15-/m0/s1. The lowest BCUT2D eigenvalue weighted by atomic mass is 10.2. The largest absolute Gasteiger partial charge is 0.497 e. The summed E-state index contributed by atoms with van der Waals surface area (Å²) in [5.74, 6) is 1.66. The van der Waals surface area contributed by atoms with Gasteiger partial charge in [0.25, 0.3) is 5.91 Å². The number of carbonyl (C=O) groups is 2. The van der Waals surface area contributed by atoms with E-state index in [-0.39, 0.29) is 11.9 Å². The van der Waals surface area contributed by atoms with Crippen molar-refractivity contribution in [2.75, 3.05) is 37.9 Å². The number of carbonyl (C=O) groups excluding carboxylic acids is 1. The second-order valence-corrected chi connectivity index (χ2v) is 7.78. The third kappa shape index (κ3) is 4.50. The minimum absolute atomic E-state index is 0.0151. The van der Waals surface area contributed by atoms with E-state index in [0.717, 1.165) is 17.3 Å². The highest BCUT2D eigenvalue weighted by Crippen LogP contribution is 2.34. The predicted octanol–water partition coefficient (Wildman–Crippen LogP) is 3.49. The molecule has 10 nitrogen and oxygen atoms in total. The Morgan fingerprint density at radius 1 is 1.21 bits per heavy atom. The molecule has 0 bridgehead atoms. The highest BCUT2D eigenvalue weighted by molar-refractivity contribution is 6.07. The van der Waals surface area contributed by atoms with E-state index in [1.54, 1.807) is 38.6 Å². The van der Waals surface area contributed by atoms with Gasteiger partial charge in [-0.05, 0) is 31.5 Å².